The Morgan fingerprint density at radius 3 is 2.87 bits per heavy atom. The average Bonchev–Trinajstić information content (AvgIpc) is 2.55. The lowest BCUT2D eigenvalue weighted by atomic mass is 9.71. The van der Waals surface area contributed by atoms with E-state index in [1.807, 2.05) is 12.1 Å². The highest BCUT2D eigenvalue weighted by atomic mass is 35.5. The first-order chi connectivity index (χ1) is 11.0. The molecule has 4 nitrogen and oxygen atoms in total. The zero-order chi connectivity index (χ0) is 16.3. The number of likely N-dealkylation sites (tertiary alicyclic amines) is 1. The van der Waals surface area contributed by atoms with Gasteiger partial charge in [0, 0.05) is 42.7 Å². The van der Waals surface area contributed by atoms with E-state index in [2.05, 4.69) is 10.2 Å². The van der Waals surface area contributed by atoms with Crippen LogP contribution in [-0.2, 0) is 4.79 Å². The quantitative estimate of drug-likeness (QED) is 0.887. The fraction of sp³-hybridized carbons (Fsp3) is 0.611. The molecule has 0 unspecified atom stereocenters. The number of amides is 1. The SMILES string of the molecule is O=C(CCN1CC[C@]2(O)CCCC[C@@H]2C1)Nc1ccc(Cl)cc1. The normalized spacial score (nSPS) is 28.2. The molecule has 0 radical (unpaired) electrons. The van der Waals surface area contributed by atoms with Crippen molar-refractivity contribution in [3.63, 3.8) is 0 Å². The summed E-state index contributed by atoms with van der Waals surface area (Å²) in [6.07, 6.45) is 5.76. The van der Waals surface area contributed by atoms with Crippen LogP contribution in [0.25, 0.3) is 0 Å². The first kappa shape index (κ1) is 16.7. The van der Waals surface area contributed by atoms with Gasteiger partial charge in [-0.25, -0.2) is 0 Å². The number of nitrogens with one attached hydrogen (secondary N) is 1. The van der Waals surface area contributed by atoms with Gasteiger partial charge in [0.05, 0.1) is 5.60 Å². The van der Waals surface area contributed by atoms with Crippen LogP contribution >= 0.6 is 11.6 Å². The number of halogens is 1. The minimum Gasteiger partial charge on any atom is -0.390 e. The van der Waals surface area contributed by atoms with Crippen LogP contribution in [0.5, 0.6) is 0 Å². The van der Waals surface area contributed by atoms with Crippen molar-refractivity contribution < 1.29 is 9.90 Å². The molecule has 0 spiro atoms. The van der Waals surface area contributed by atoms with Gasteiger partial charge in [-0.05, 0) is 43.5 Å². The number of rotatable bonds is 4. The predicted molar refractivity (Wildman–Crippen MR) is 92.7 cm³/mol. The van der Waals surface area contributed by atoms with Crippen LogP contribution in [0.4, 0.5) is 5.69 Å². The van der Waals surface area contributed by atoms with E-state index in [0.717, 1.165) is 51.0 Å². The second-order valence-electron chi connectivity index (χ2n) is 6.90. The molecule has 0 bridgehead atoms. The van der Waals surface area contributed by atoms with Crippen molar-refractivity contribution in [3.05, 3.63) is 29.3 Å². The van der Waals surface area contributed by atoms with E-state index in [1.54, 1.807) is 12.1 Å². The summed E-state index contributed by atoms with van der Waals surface area (Å²) in [5.74, 6) is 0.404. The smallest absolute Gasteiger partial charge is 0.225 e. The number of piperidine rings is 1. The van der Waals surface area contributed by atoms with Crippen LogP contribution in [0.3, 0.4) is 0 Å². The summed E-state index contributed by atoms with van der Waals surface area (Å²) < 4.78 is 0. The molecule has 1 saturated carbocycles. The molecule has 1 amide bonds. The topological polar surface area (TPSA) is 52.6 Å². The van der Waals surface area contributed by atoms with Gasteiger partial charge in [0.1, 0.15) is 0 Å². The fourth-order valence-electron chi connectivity index (χ4n) is 3.86. The van der Waals surface area contributed by atoms with Crippen molar-refractivity contribution in [2.24, 2.45) is 5.92 Å². The molecule has 1 aliphatic heterocycles. The Kier molecular flexibility index (Phi) is 5.24. The third kappa shape index (κ3) is 4.25. The van der Waals surface area contributed by atoms with Crippen molar-refractivity contribution in [2.45, 2.75) is 44.1 Å². The highest BCUT2D eigenvalue weighted by Gasteiger charge is 2.42. The molecule has 23 heavy (non-hydrogen) atoms. The minimum absolute atomic E-state index is 0.0248. The number of nitrogens with zero attached hydrogens (tertiary/aromatic N) is 1. The number of carbonyl (C=O) groups is 1. The molecule has 2 fully saturated rings. The maximum absolute atomic E-state index is 12.1. The molecule has 5 heteroatoms. The zero-order valence-corrected chi connectivity index (χ0v) is 14.2. The van der Waals surface area contributed by atoms with E-state index >= 15 is 0 Å². The predicted octanol–water partition coefficient (Wildman–Crippen LogP) is 3.30. The van der Waals surface area contributed by atoms with E-state index in [-0.39, 0.29) is 5.91 Å². The molecule has 0 aromatic heterocycles. The summed E-state index contributed by atoms with van der Waals surface area (Å²) in [7, 11) is 0. The van der Waals surface area contributed by atoms with Crippen LogP contribution in [-0.4, -0.2) is 41.1 Å². The van der Waals surface area contributed by atoms with E-state index in [4.69, 9.17) is 11.6 Å². The number of fused-ring (bicyclic) bond motifs is 1. The summed E-state index contributed by atoms with van der Waals surface area (Å²) >= 11 is 5.84. The summed E-state index contributed by atoms with van der Waals surface area (Å²) in [4.78, 5) is 14.4. The van der Waals surface area contributed by atoms with Crippen LogP contribution in [0.1, 0.15) is 38.5 Å². The molecule has 2 N–H and O–H groups in total. The summed E-state index contributed by atoms with van der Waals surface area (Å²) in [5.41, 5.74) is 0.333. The van der Waals surface area contributed by atoms with Gasteiger partial charge in [0.15, 0.2) is 0 Å². The second-order valence-corrected chi connectivity index (χ2v) is 7.34. The summed E-state index contributed by atoms with van der Waals surface area (Å²) in [6.45, 7) is 2.57. The highest BCUT2D eigenvalue weighted by molar-refractivity contribution is 6.30. The third-order valence-corrected chi connectivity index (χ3v) is 5.55. The number of benzene rings is 1. The van der Waals surface area contributed by atoms with E-state index in [1.165, 1.54) is 6.42 Å². The van der Waals surface area contributed by atoms with Crippen LogP contribution < -0.4 is 5.32 Å². The van der Waals surface area contributed by atoms with Crippen molar-refractivity contribution in [1.29, 1.82) is 0 Å². The van der Waals surface area contributed by atoms with Crippen molar-refractivity contribution in [1.82, 2.24) is 4.90 Å². The molecular weight excluding hydrogens is 312 g/mol. The van der Waals surface area contributed by atoms with Gasteiger partial charge >= 0.3 is 0 Å². The minimum atomic E-state index is -0.444. The van der Waals surface area contributed by atoms with Gasteiger partial charge in [-0.3, -0.25) is 4.79 Å². The maximum atomic E-state index is 12.1. The van der Waals surface area contributed by atoms with Crippen LogP contribution in [0, 0.1) is 5.92 Å². The van der Waals surface area contributed by atoms with Crippen LogP contribution in [0.15, 0.2) is 24.3 Å². The molecule has 1 saturated heterocycles. The molecule has 126 valence electrons. The van der Waals surface area contributed by atoms with E-state index in [9.17, 15) is 9.90 Å². The molecule has 1 heterocycles. The van der Waals surface area contributed by atoms with Gasteiger partial charge < -0.3 is 15.3 Å². The number of aliphatic hydroxyl groups is 1. The van der Waals surface area contributed by atoms with E-state index < -0.39 is 5.60 Å². The molecule has 3 rings (SSSR count). The number of hydrogen-bond donors (Lipinski definition) is 2. The van der Waals surface area contributed by atoms with Gasteiger partial charge in [0.25, 0.3) is 0 Å². The monoisotopic (exact) mass is 336 g/mol. The number of carbonyl (C=O) groups excluding carboxylic acids is 1. The molecule has 1 aromatic rings. The van der Waals surface area contributed by atoms with Crippen molar-refractivity contribution in [2.75, 3.05) is 25.0 Å². The number of anilines is 1. The van der Waals surface area contributed by atoms with Gasteiger partial charge in [-0.1, -0.05) is 24.4 Å². The molecule has 1 aliphatic carbocycles. The lowest BCUT2D eigenvalue weighted by Gasteiger charge is -2.47. The average molecular weight is 337 g/mol. The molecule has 1 aromatic carbocycles. The van der Waals surface area contributed by atoms with Crippen molar-refractivity contribution in [3.8, 4) is 0 Å². The summed E-state index contributed by atoms with van der Waals surface area (Å²) in [5, 5.41) is 14.2. The standard InChI is InChI=1S/C18H25ClN2O2/c19-15-4-6-16(7-5-15)20-17(22)8-11-21-12-10-18(23)9-2-1-3-14(18)13-21/h4-7,14,23H,1-3,8-13H2,(H,20,22)/t14-,18-/m1/s1. The molecule has 2 aliphatic rings. The lowest BCUT2D eigenvalue weighted by Crippen LogP contribution is -2.53. The van der Waals surface area contributed by atoms with Crippen molar-refractivity contribution >= 4 is 23.2 Å². The molecular formula is C18H25ClN2O2. The second kappa shape index (κ2) is 7.20. The number of hydrogen-bond acceptors (Lipinski definition) is 3. The van der Waals surface area contributed by atoms with Crippen LogP contribution in [0.2, 0.25) is 5.02 Å². The largest absolute Gasteiger partial charge is 0.390 e. The highest BCUT2D eigenvalue weighted by Crippen LogP contribution is 2.39. The lowest BCUT2D eigenvalue weighted by molar-refractivity contribution is -0.117. The Morgan fingerprint density at radius 1 is 1.30 bits per heavy atom. The first-order valence-corrected chi connectivity index (χ1v) is 8.93. The Hall–Kier alpha value is -1.10. The first-order valence-electron chi connectivity index (χ1n) is 8.55. The van der Waals surface area contributed by atoms with Gasteiger partial charge in [-0.2, -0.15) is 0 Å². The Labute approximate surface area is 142 Å². The summed E-state index contributed by atoms with van der Waals surface area (Å²) in [6, 6.07) is 7.16. The third-order valence-electron chi connectivity index (χ3n) is 5.29. The Bertz CT molecular complexity index is 548. The maximum Gasteiger partial charge on any atom is 0.225 e. The fourth-order valence-corrected chi connectivity index (χ4v) is 3.99. The Morgan fingerprint density at radius 2 is 2.09 bits per heavy atom. The Balaban J connectivity index is 1.45. The van der Waals surface area contributed by atoms with E-state index in [0.29, 0.717) is 17.4 Å². The van der Waals surface area contributed by atoms with Gasteiger partial charge in [0.2, 0.25) is 5.91 Å². The zero-order valence-electron chi connectivity index (χ0n) is 13.4. The molecule has 2 atom stereocenters. The van der Waals surface area contributed by atoms with Gasteiger partial charge in [-0.15, -0.1) is 0 Å².